The van der Waals surface area contributed by atoms with Crippen LogP contribution >= 0.6 is 11.3 Å². The van der Waals surface area contributed by atoms with Crippen LogP contribution in [0.1, 0.15) is 50.3 Å². The molecule has 0 aromatic carbocycles. The van der Waals surface area contributed by atoms with Gasteiger partial charge in [-0.25, -0.2) is 0 Å². The van der Waals surface area contributed by atoms with Crippen molar-refractivity contribution in [2.75, 3.05) is 13.2 Å². The second-order valence-corrected chi connectivity index (χ2v) is 7.23. The van der Waals surface area contributed by atoms with Crippen LogP contribution in [0.3, 0.4) is 0 Å². The summed E-state index contributed by atoms with van der Waals surface area (Å²) in [7, 11) is 0. The topological polar surface area (TPSA) is 41.6 Å². The average Bonchev–Trinajstić information content (AvgIpc) is 3.24. The quantitative estimate of drug-likeness (QED) is 0.913. The SMILES string of the molecule is O=C1N(C2CCOCC2)C(c2ccsc2)NC12CCCC2. The molecule has 0 radical (unpaired) electrons. The molecule has 1 aromatic rings. The highest BCUT2D eigenvalue weighted by Gasteiger charge is 2.54. The molecule has 3 aliphatic rings. The van der Waals surface area contributed by atoms with Crippen LogP contribution < -0.4 is 5.32 Å². The van der Waals surface area contributed by atoms with E-state index in [9.17, 15) is 4.79 Å². The fraction of sp³-hybridized carbons (Fsp3) is 0.688. The second-order valence-electron chi connectivity index (χ2n) is 6.45. The number of hydrogen-bond donors (Lipinski definition) is 1. The Hall–Kier alpha value is -0.910. The van der Waals surface area contributed by atoms with E-state index in [4.69, 9.17) is 4.74 Å². The molecule has 1 aromatic heterocycles. The molecule has 4 nitrogen and oxygen atoms in total. The maximum absolute atomic E-state index is 13.2. The van der Waals surface area contributed by atoms with Gasteiger partial charge in [0.1, 0.15) is 6.17 Å². The fourth-order valence-corrected chi connectivity index (χ4v) is 4.79. The molecule has 2 saturated heterocycles. The third-order valence-corrected chi connectivity index (χ3v) is 5.94. The van der Waals surface area contributed by atoms with Crippen LogP contribution in [0.15, 0.2) is 16.8 Å². The summed E-state index contributed by atoms with van der Waals surface area (Å²) in [5, 5.41) is 7.98. The van der Waals surface area contributed by atoms with Gasteiger partial charge < -0.3 is 9.64 Å². The summed E-state index contributed by atoms with van der Waals surface area (Å²) < 4.78 is 5.48. The van der Waals surface area contributed by atoms with E-state index >= 15 is 0 Å². The van der Waals surface area contributed by atoms with Gasteiger partial charge in [-0.3, -0.25) is 10.1 Å². The van der Waals surface area contributed by atoms with E-state index in [0.717, 1.165) is 51.7 Å². The van der Waals surface area contributed by atoms with Gasteiger partial charge in [-0.2, -0.15) is 11.3 Å². The van der Waals surface area contributed by atoms with Gasteiger partial charge in [0.05, 0.1) is 5.54 Å². The summed E-state index contributed by atoms with van der Waals surface area (Å²) >= 11 is 1.70. The highest BCUT2D eigenvalue weighted by Crippen LogP contribution is 2.43. The maximum Gasteiger partial charge on any atom is 0.244 e. The molecule has 1 spiro atoms. The molecule has 2 aliphatic heterocycles. The molecular weight excluding hydrogens is 284 g/mol. The minimum absolute atomic E-state index is 0.0601. The number of carbonyl (C=O) groups is 1. The zero-order valence-electron chi connectivity index (χ0n) is 12.2. The number of hydrogen-bond acceptors (Lipinski definition) is 4. The number of amides is 1. The molecule has 1 saturated carbocycles. The van der Waals surface area contributed by atoms with Gasteiger partial charge in [-0.05, 0) is 48.1 Å². The van der Waals surface area contributed by atoms with Gasteiger partial charge in [0.25, 0.3) is 0 Å². The van der Waals surface area contributed by atoms with E-state index < -0.39 is 0 Å². The Labute approximate surface area is 129 Å². The molecular formula is C16H22N2O2S. The van der Waals surface area contributed by atoms with E-state index in [2.05, 4.69) is 27.0 Å². The zero-order valence-corrected chi connectivity index (χ0v) is 13.0. The van der Waals surface area contributed by atoms with E-state index in [1.54, 1.807) is 11.3 Å². The largest absolute Gasteiger partial charge is 0.381 e. The monoisotopic (exact) mass is 306 g/mol. The first kappa shape index (κ1) is 13.7. The van der Waals surface area contributed by atoms with Crippen LogP contribution in [0, 0.1) is 0 Å². The van der Waals surface area contributed by atoms with E-state index in [1.165, 1.54) is 5.56 Å². The fourth-order valence-electron chi connectivity index (χ4n) is 4.11. The van der Waals surface area contributed by atoms with Gasteiger partial charge in [-0.15, -0.1) is 0 Å². The summed E-state index contributed by atoms with van der Waals surface area (Å²) in [4.78, 5) is 15.3. The highest BCUT2D eigenvalue weighted by molar-refractivity contribution is 7.08. The number of nitrogens with one attached hydrogen (secondary N) is 1. The summed E-state index contributed by atoms with van der Waals surface area (Å²) in [5.41, 5.74) is 0.953. The van der Waals surface area contributed by atoms with Gasteiger partial charge in [0.15, 0.2) is 0 Å². The minimum Gasteiger partial charge on any atom is -0.381 e. The predicted molar refractivity (Wildman–Crippen MR) is 82.1 cm³/mol. The lowest BCUT2D eigenvalue weighted by atomic mass is 9.97. The molecule has 1 atom stereocenters. The Kier molecular flexibility index (Phi) is 3.52. The van der Waals surface area contributed by atoms with Gasteiger partial charge in [-0.1, -0.05) is 12.8 Å². The van der Waals surface area contributed by atoms with Crippen LogP contribution in [-0.2, 0) is 9.53 Å². The van der Waals surface area contributed by atoms with Crippen molar-refractivity contribution in [1.82, 2.24) is 10.2 Å². The summed E-state index contributed by atoms with van der Waals surface area (Å²) in [5.74, 6) is 0.336. The van der Waals surface area contributed by atoms with Crippen molar-refractivity contribution in [2.24, 2.45) is 0 Å². The number of thiophene rings is 1. The van der Waals surface area contributed by atoms with Crippen LogP contribution in [0.4, 0.5) is 0 Å². The number of carbonyl (C=O) groups excluding carboxylic acids is 1. The summed E-state index contributed by atoms with van der Waals surface area (Å²) in [6.45, 7) is 1.55. The lowest BCUT2D eigenvalue weighted by molar-refractivity contribution is -0.137. The second kappa shape index (κ2) is 5.38. The molecule has 1 aliphatic carbocycles. The number of rotatable bonds is 2. The molecule has 21 heavy (non-hydrogen) atoms. The Morgan fingerprint density at radius 2 is 2.05 bits per heavy atom. The zero-order chi connectivity index (χ0) is 14.3. The molecule has 1 N–H and O–H groups in total. The summed E-state index contributed by atoms with van der Waals surface area (Å²) in [6, 6.07) is 2.47. The molecule has 1 amide bonds. The van der Waals surface area contributed by atoms with Crippen LogP contribution in [-0.4, -0.2) is 35.6 Å². The van der Waals surface area contributed by atoms with Crippen molar-refractivity contribution in [3.63, 3.8) is 0 Å². The predicted octanol–water partition coefficient (Wildman–Crippen LogP) is 2.67. The molecule has 5 heteroatoms. The first-order chi connectivity index (χ1) is 10.3. The van der Waals surface area contributed by atoms with E-state index in [1.807, 2.05) is 0 Å². The van der Waals surface area contributed by atoms with Crippen molar-refractivity contribution in [3.8, 4) is 0 Å². The third-order valence-electron chi connectivity index (χ3n) is 5.24. The van der Waals surface area contributed by atoms with Crippen LogP contribution in [0.25, 0.3) is 0 Å². The molecule has 1 unspecified atom stereocenters. The van der Waals surface area contributed by atoms with Crippen molar-refractivity contribution in [3.05, 3.63) is 22.4 Å². The van der Waals surface area contributed by atoms with Gasteiger partial charge in [0, 0.05) is 19.3 Å². The van der Waals surface area contributed by atoms with Crippen molar-refractivity contribution in [2.45, 2.75) is 56.3 Å². The highest BCUT2D eigenvalue weighted by atomic mass is 32.1. The third kappa shape index (κ3) is 2.22. The Morgan fingerprint density at radius 1 is 1.29 bits per heavy atom. The number of ether oxygens (including phenoxy) is 1. The van der Waals surface area contributed by atoms with Gasteiger partial charge >= 0.3 is 0 Å². The molecule has 3 fully saturated rings. The molecule has 4 rings (SSSR count). The number of nitrogens with zero attached hydrogens (tertiary/aromatic N) is 1. The van der Waals surface area contributed by atoms with Crippen molar-refractivity contribution in [1.29, 1.82) is 0 Å². The first-order valence-corrected chi connectivity index (χ1v) is 8.95. The Bertz CT molecular complexity index is 504. The van der Waals surface area contributed by atoms with Crippen LogP contribution in [0.2, 0.25) is 0 Å². The molecule has 114 valence electrons. The average molecular weight is 306 g/mol. The standard InChI is InChI=1S/C16H22N2O2S/c19-15-16(6-1-2-7-16)17-14(12-5-10-21-11-12)18(15)13-3-8-20-9-4-13/h5,10-11,13-14,17H,1-4,6-9H2. The lowest BCUT2D eigenvalue weighted by Gasteiger charge is -2.35. The molecule has 0 bridgehead atoms. The normalized spacial score (nSPS) is 29.6. The smallest absolute Gasteiger partial charge is 0.244 e. The summed E-state index contributed by atoms with van der Waals surface area (Å²) in [6.07, 6.45) is 6.30. The van der Waals surface area contributed by atoms with E-state index in [0.29, 0.717) is 11.9 Å². The lowest BCUT2D eigenvalue weighted by Crippen LogP contribution is -2.46. The first-order valence-electron chi connectivity index (χ1n) is 8.00. The van der Waals surface area contributed by atoms with E-state index in [-0.39, 0.29) is 11.7 Å². The van der Waals surface area contributed by atoms with Crippen molar-refractivity contribution >= 4 is 17.2 Å². The Morgan fingerprint density at radius 3 is 2.71 bits per heavy atom. The van der Waals surface area contributed by atoms with Gasteiger partial charge in [0.2, 0.25) is 5.91 Å². The maximum atomic E-state index is 13.2. The minimum atomic E-state index is -0.287. The van der Waals surface area contributed by atoms with Crippen LogP contribution in [0.5, 0.6) is 0 Å². The van der Waals surface area contributed by atoms with Crippen molar-refractivity contribution < 1.29 is 9.53 Å². The Balaban J connectivity index is 1.67. The molecule has 3 heterocycles.